The standard InChI is InChI=1S/C13H15N3O3/c1-3-19-13(18)10-6-15-16(8-10)11-4-5-12(9(2)17)14-7-11/h4-9,17H,3H2,1-2H3. The minimum atomic E-state index is -0.609. The Kier molecular flexibility index (Phi) is 3.91. The van der Waals surface area contributed by atoms with E-state index in [0.29, 0.717) is 23.6 Å². The van der Waals surface area contributed by atoms with E-state index < -0.39 is 12.1 Å². The number of ether oxygens (including phenoxy) is 1. The maximum atomic E-state index is 11.5. The van der Waals surface area contributed by atoms with E-state index >= 15 is 0 Å². The molecule has 6 nitrogen and oxygen atoms in total. The van der Waals surface area contributed by atoms with E-state index in [4.69, 9.17) is 4.74 Å². The van der Waals surface area contributed by atoms with Crippen LogP contribution in [0.5, 0.6) is 0 Å². The minimum Gasteiger partial charge on any atom is -0.462 e. The Bertz CT molecular complexity index is 561. The van der Waals surface area contributed by atoms with Crippen molar-refractivity contribution in [1.29, 1.82) is 0 Å². The van der Waals surface area contributed by atoms with E-state index in [9.17, 15) is 9.90 Å². The molecule has 100 valence electrons. The number of carbonyl (C=O) groups excluding carboxylic acids is 1. The second-order valence-electron chi connectivity index (χ2n) is 4.01. The first-order chi connectivity index (χ1) is 9.11. The summed E-state index contributed by atoms with van der Waals surface area (Å²) in [6, 6.07) is 3.49. The van der Waals surface area contributed by atoms with Gasteiger partial charge in [0, 0.05) is 6.20 Å². The summed E-state index contributed by atoms with van der Waals surface area (Å²) in [7, 11) is 0. The number of rotatable bonds is 4. The Labute approximate surface area is 110 Å². The van der Waals surface area contributed by atoms with Gasteiger partial charge in [-0.1, -0.05) is 0 Å². The van der Waals surface area contributed by atoms with Gasteiger partial charge in [0.2, 0.25) is 0 Å². The summed E-state index contributed by atoms with van der Waals surface area (Å²) in [6.07, 6.45) is 4.00. The second-order valence-corrected chi connectivity index (χ2v) is 4.01. The summed E-state index contributed by atoms with van der Waals surface area (Å²) in [4.78, 5) is 15.6. The monoisotopic (exact) mass is 261 g/mol. The summed E-state index contributed by atoms with van der Waals surface area (Å²) in [6.45, 7) is 3.73. The zero-order valence-electron chi connectivity index (χ0n) is 10.8. The molecular formula is C13H15N3O3. The van der Waals surface area contributed by atoms with Crippen molar-refractivity contribution in [3.8, 4) is 5.69 Å². The number of nitrogens with zero attached hydrogens (tertiary/aromatic N) is 3. The average molecular weight is 261 g/mol. The number of pyridine rings is 1. The molecule has 0 saturated heterocycles. The third-order valence-corrected chi connectivity index (χ3v) is 2.56. The highest BCUT2D eigenvalue weighted by molar-refractivity contribution is 5.88. The fourth-order valence-electron chi connectivity index (χ4n) is 1.56. The van der Waals surface area contributed by atoms with Crippen LogP contribution < -0.4 is 0 Å². The Morgan fingerprint density at radius 2 is 2.26 bits per heavy atom. The molecule has 2 aromatic rings. The predicted molar refractivity (Wildman–Crippen MR) is 67.9 cm³/mol. The Morgan fingerprint density at radius 1 is 1.47 bits per heavy atom. The Balaban J connectivity index is 2.20. The van der Waals surface area contributed by atoms with Crippen molar-refractivity contribution in [2.24, 2.45) is 0 Å². The summed E-state index contributed by atoms with van der Waals surface area (Å²) in [5, 5.41) is 13.5. The first kappa shape index (κ1) is 13.2. The van der Waals surface area contributed by atoms with Gasteiger partial charge in [-0.25, -0.2) is 9.48 Å². The lowest BCUT2D eigenvalue weighted by molar-refractivity contribution is 0.0526. The number of aliphatic hydroxyl groups excluding tert-OH is 1. The van der Waals surface area contributed by atoms with Crippen LogP contribution in [0.1, 0.15) is 36.0 Å². The van der Waals surface area contributed by atoms with Crippen molar-refractivity contribution in [2.45, 2.75) is 20.0 Å². The zero-order valence-corrected chi connectivity index (χ0v) is 10.8. The highest BCUT2D eigenvalue weighted by Gasteiger charge is 2.10. The highest BCUT2D eigenvalue weighted by Crippen LogP contribution is 2.12. The molecule has 0 aliphatic heterocycles. The molecule has 2 rings (SSSR count). The van der Waals surface area contributed by atoms with Crippen LogP contribution in [-0.4, -0.2) is 32.4 Å². The lowest BCUT2D eigenvalue weighted by Gasteiger charge is -2.05. The van der Waals surface area contributed by atoms with Crippen LogP contribution in [0.2, 0.25) is 0 Å². The van der Waals surface area contributed by atoms with Gasteiger partial charge in [0.1, 0.15) is 0 Å². The van der Waals surface area contributed by atoms with Crippen LogP contribution in [0.25, 0.3) is 5.69 Å². The lowest BCUT2D eigenvalue weighted by atomic mass is 10.2. The molecule has 0 bridgehead atoms. The third-order valence-electron chi connectivity index (χ3n) is 2.56. The normalized spacial score (nSPS) is 12.2. The molecule has 0 radical (unpaired) electrons. The Hall–Kier alpha value is -2.21. The molecule has 0 saturated carbocycles. The lowest BCUT2D eigenvalue weighted by Crippen LogP contribution is -2.03. The van der Waals surface area contributed by atoms with Gasteiger partial charge in [0.05, 0.1) is 42.0 Å². The van der Waals surface area contributed by atoms with Crippen LogP contribution in [0.3, 0.4) is 0 Å². The summed E-state index contributed by atoms with van der Waals surface area (Å²) in [5.41, 5.74) is 1.68. The van der Waals surface area contributed by atoms with Gasteiger partial charge in [-0.3, -0.25) is 4.98 Å². The van der Waals surface area contributed by atoms with Crippen molar-refractivity contribution in [3.05, 3.63) is 42.0 Å². The molecule has 1 N–H and O–H groups in total. The van der Waals surface area contributed by atoms with E-state index in [2.05, 4.69) is 10.1 Å². The van der Waals surface area contributed by atoms with Gasteiger partial charge in [-0.05, 0) is 26.0 Å². The fraction of sp³-hybridized carbons (Fsp3) is 0.308. The number of esters is 1. The van der Waals surface area contributed by atoms with Crippen molar-refractivity contribution in [2.75, 3.05) is 6.61 Å². The molecule has 1 atom stereocenters. The highest BCUT2D eigenvalue weighted by atomic mass is 16.5. The van der Waals surface area contributed by atoms with Crippen molar-refractivity contribution < 1.29 is 14.6 Å². The van der Waals surface area contributed by atoms with Crippen molar-refractivity contribution in [1.82, 2.24) is 14.8 Å². The summed E-state index contributed by atoms with van der Waals surface area (Å²) < 4.78 is 6.42. The first-order valence-corrected chi connectivity index (χ1v) is 5.98. The largest absolute Gasteiger partial charge is 0.462 e. The quantitative estimate of drug-likeness (QED) is 0.844. The van der Waals surface area contributed by atoms with Crippen LogP contribution in [-0.2, 0) is 4.74 Å². The second kappa shape index (κ2) is 5.62. The molecule has 2 heterocycles. The first-order valence-electron chi connectivity index (χ1n) is 5.98. The number of aliphatic hydroxyl groups is 1. The maximum Gasteiger partial charge on any atom is 0.341 e. The van der Waals surface area contributed by atoms with Gasteiger partial charge in [-0.15, -0.1) is 0 Å². The van der Waals surface area contributed by atoms with E-state index in [0.717, 1.165) is 0 Å². The Morgan fingerprint density at radius 3 is 2.84 bits per heavy atom. The van der Waals surface area contributed by atoms with Crippen molar-refractivity contribution in [3.63, 3.8) is 0 Å². The average Bonchev–Trinajstić information content (AvgIpc) is 2.89. The van der Waals surface area contributed by atoms with Gasteiger partial charge in [0.15, 0.2) is 0 Å². The number of aromatic nitrogens is 3. The maximum absolute atomic E-state index is 11.5. The topological polar surface area (TPSA) is 77.2 Å². The number of hydrogen-bond donors (Lipinski definition) is 1. The van der Waals surface area contributed by atoms with Gasteiger partial charge < -0.3 is 9.84 Å². The van der Waals surface area contributed by atoms with Crippen LogP contribution >= 0.6 is 0 Å². The predicted octanol–water partition coefficient (Wildman–Crippen LogP) is 1.50. The molecule has 0 aliphatic carbocycles. The molecule has 0 amide bonds. The summed E-state index contributed by atoms with van der Waals surface area (Å²) >= 11 is 0. The van der Waals surface area contributed by atoms with Crippen LogP contribution in [0.4, 0.5) is 0 Å². The molecular weight excluding hydrogens is 246 g/mol. The van der Waals surface area contributed by atoms with E-state index in [1.807, 2.05) is 0 Å². The van der Waals surface area contributed by atoms with Gasteiger partial charge in [0.25, 0.3) is 0 Å². The fourth-order valence-corrected chi connectivity index (χ4v) is 1.56. The van der Waals surface area contributed by atoms with E-state index in [1.54, 1.807) is 38.4 Å². The molecule has 0 aliphatic rings. The molecule has 2 aromatic heterocycles. The number of hydrogen-bond acceptors (Lipinski definition) is 5. The summed E-state index contributed by atoms with van der Waals surface area (Å²) in [5.74, 6) is -0.401. The zero-order chi connectivity index (χ0) is 13.8. The molecule has 0 fully saturated rings. The molecule has 0 aromatic carbocycles. The minimum absolute atomic E-state index is 0.328. The smallest absolute Gasteiger partial charge is 0.341 e. The van der Waals surface area contributed by atoms with Gasteiger partial charge >= 0.3 is 5.97 Å². The van der Waals surface area contributed by atoms with Gasteiger partial charge in [-0.2, -0.15) is 5.10 Å². The SMILES string of the molecule is CCOC(=O)c1cnn(-c2ccc(C(C)O)nc2)c1. The van der Waals surface area contributed by atoms with E-state index in [-0.39, 0.29) is 0 Å². The van der Waals surface area contributed by atoms with E-state index in [1.165, 1.54) is 10.9 Å². The molecule has 19 heavy (non-hydrogen) atoms. The molecule has 6 heteroatoms. The van der Waals surface area contributed by atoms with Crippen LogP contribution in [0.15, 0.2) is 30.7 Å². The molecule has 1 unspecified atom stereocenters. The van der Waals surface area contributed by atoms with Crippen LogP contribution in [0, 0.1) is 0 Å². The third kappa shape index (κ3) is 2.97. The molecule has 0 spiro atoms. The number of carbonyl (C=O) groups is 1. The van der Waals surface area contributed by atoms with Crippen molar-refractivity contribution >= 4 is 5.97 Å².